The van der Waals surface area contributed by atoms with Crippen LogP contribution in [-0.2, 0) is 16.1 Å². The first-order valence-corrected chi connectivity index (χ1v) is 7.53. The molecule has 3 rings (SSSR count). The van der Waals surface area contributed by atoms with E-state index in [0.717, 1.165) is 22.0 Å². The number of benzene rings is 2. The molecule has 0 aliphatic heterocycles. The summed E-state index contributed by atoms with van der Waals surface area (Å²) in [6, 6.07) is 16.9. The van der Waals surface area contributed by atoms with E-state index in [4.69, 9.17) is 16.3 Å². The number of para-hydroxylation sites is 1. The normalized spacial score (nSPS) is 11.0. The van der Waals surface area contributed by atoms with Gasteiger partial charge in [-0.15, -0.1) is 0 Å². The molecule has 2 aromatic carbocycles. The Morgan fingerprint density at radius 1 is 1.09 bits per heavy atom. The Morgan fingerprint density at radius 2 is 1.87 bits per heavy atom. The second-order valence-corrected chi connectivity index (χ2v) is 5.42. The Hall–Kier alpha value is -2.65. The SMILES string of the molecule is O=C(/C=C/c1ccc(Cl)cc1)OCc1cccc2cccnc12. The summed E-state index contributed by atoms with van der Waals surface area (Å²) in [7, 11) is 0. The zero-order valence-electron chi connectivity index (χ0n) is 12.3. The number of ether oxygens (including phenoxy) is 1. The van der Waals surface area contributed by atoms with Gasteiger partial charge in [0, 0.05) is 28.2 Å². The second-order valence-electron chi connectivity index (χ2n) is 4.98. The monoisotopic (exact) mass is 323 g/mol. The number of carbonyl (C=O) groups is 1. The maximum atomic E-state index is 11.8. The molecule has 0 aliphatic carbocycles. The van der Waals surface area contributed by atoms with E-state index in [-0.39, 0.29) is 6.61 Å². The lowest BCUT2D eigenvalue weighted by Gasteiger charge is -2.05. The van der Waals surface area contributed by atoms with Crippen molar-refractivity contribution < 1.29 is 9.53 Å². The maximum Gasteiger partial charge on any atom is 0.331 e. The summed E-state index contributed by atoms with van der Waals surface area (Å²) in [5, 5.41) is 1.69. The van der Waals surface area contributed by atoms with Gasteiger partial charge in [0.05, 0.1) is 5.52 Å². The van der Waals surface area contributed by atoms with E-state index < -0.39 is 5.97 Å². The minimum Gasteiger partial charge on any atom is -0.458 e. The number of rotatable bonds is 4. The summed E-state index contributed by atoms with van der Waals surface area (Å²) in [4.78, 5) is 16.2. The van der Waals surface area contributed by atoms with Crippen LogP contribution < -0.4 is 0 Å². The molecular formula is C19H14ClNO2. The fourth-order valence-corrected chi connectivity index (χ4v) is 2.35. The van der Waals surface area contributed by atoms with Crippen molar-refractivity contribution in [2.75, 3.05) is 0 Å². The van der Waals surface area contributed by atoms with Crippen molar-refractivity contribution in [3.63, 3.8) is 0 Å². The van der Waals surface area contributed by atoms with Gasteiger partial charge in [0.25, 0.3) is 0 Å². The van der Waals surface area contributed by atoms with Gasteiger partial charge >= 0.3 is 5.97 Å². The minimum absolute atomic E-state index is 0.193. The van der Waals surface area contributed by atoms with Crippen LogP contribution in [0.2, 0.25) is 5.02 Å². The number of fused-ring (bicyclic) bond motifs is 1. The van der Waals surface area contributed by atoms with E-state index in [0.29, 0.717) is 5.02 Å². The van der Waals surface area contributed by atoms with Gasteiger partial charge in [0.2, 0.25) is 0 Å². The molecule has 3 aromatic rings. The molecule has 1 heterocycles. The zero-order valence-corrected chi connectivity index (χ0v) is 13.0. The van der Waals surface area contributed by atoms with E-state index in [1.54, 1.807) is 24.4 Å². The molecule has 4 heteroatoms. The van der Waals surface area contributed by atoms with Crippen molar-refractivity contribution in [2.45, 2.75) is 6.61 Å². The number of nitrogens with zero attached hydrogens (tertiary/aromatic N) is 1. The molecule has 0 aliphatic rings. The van der Waals surface area contributed by atoms with Gasteiger partial charge < -0.3 is 4.74 Å². The van der Waals surface area contributed by atoms with Crippen molar-refractivity contribution in [3.05, 3.63) is 83.0 Å². The lowest BCUT2D eigenvalue weighted by atomic mass is 10.1. The summed E-state index contributed by atoms with van der Waals surface area (Å²) < 4.78 is 5.29. The number of carbonyl (C=O) groups excluding carboxylic acids is 1. The first-order chi connectivity index (χ1) is 11.2. The molecular weight excluding hydrogens is 310 g/mol. The molecule has 0 radical (unpaired) electrons. The summed E-state index contributed by atoms with van der Waals surface area (Å²) in [6.45, 7) is 0.193. The summed E-state index contributed by atoms with van der Waals surface area (Å²) in [6.07, 6.45) is 4.83. The van der Waals surface area contributed by atoms with Crippen LogP contribution in [0, 0.1) is 0 Å². The highest BCUT2D eigenvalue weighted by atomic mass is 35.5. The Balaban J connectivity index is 1.65. The third kappa shape index (κ3) is 3.96. The van der Waals surface area contributed by atoms with Gasteiger partial charge in [-0.1, -0.05) is 48.0 Å². The van der Waals surface area contributed by atoms with Crippen molar-refractivity contribution in [3.8, 4) is 0 Å². The summed E-state index contributed by atoms with van der Waals surface area (Å²) >= 11 is 5.82. The van der Waals surface area contributed by atoms with E-state index in [1.807, 2.05) is 42.5 Å². The first kappa shape index (κ1) is 15.3. The molecule has 23 heavy (non-hydrogen) atoms. The number of aromatic nitrogens is 1. The van der Waals surface area contributed by atoms with Crippen LogP contribution >= 0.6 is 11.6 Å². The molecule has 0 fully saturated rings. The number of esters is 1. The van der Waals surface area contributed by atoms with Crippen LogP contribution in [0.4, 0.5) is 0 Å². The predicted octanol–water partition coefficient (Wildman–Crippen LogP) is 4.64. The van der Waals surface area contributed by atoms with Crippen LogP contribution in [0.15, 0.2) is 66.9 Å². The highest BCUT2D eigenvalue weighted by Gasteiger charge is 2.04. The van der Waals surface area contributed by atoms with Gasteiger partial charge in [0.15, 0.2) is 0 Å². The van der Waals surface area contributed by atoms with Crippen molar-refractivity contribution in [1.29, 1.82) is 0 Å². The summed E-state index contributed by atoms with van der Waals surface area (Å²) in [5.41, 5.74) is 2.62. The van der Waals surface area contributed by atoms with Gasteiger partial charge in [0.1, 0.15) is 6.61 Å². The van der Waals surface area contributed by atoms with Gasteiger partial charge in [-0.25, -0.2) is 4.79 Å². The van der Waals surface area contributed by atoms with Gasteiger partial charge in [-0.05, 0) is 29.8 Å². The average molecular weight is 324 g/mol. The smallest absolute Gasteiger partial charge is 0.331 e. The number of hydrogen-bond acceptors (Lipinski definition) is 3. The zero-order chi connectivity index (χ0) is 16.1. The van der Waals surface area contributed by atoms with Crippen LogP contribution in [-0.4, -0.2) is 11.0 Å². The lowest BCUT2D eigenvalue weighted by molar-refractivity contribution is -0.138. The number of pyridine rings is 1. The van der Waals surface area contributed by atoms with Crippen LogP contribution in [0.1, 0.15) is 11.1 Å². The molecule has 0 N–H and O–H groups in total. The standard InChI is InChI=1S/C19H14ClNO2/c20-17-9-6-14(7-10-17)8-11-18(22)23-13-16-4-1-3-15-5-2-12-21-19(15)16/h1-12H,13H2/b11-8+. The topological polar surface area (TPSA) is 39.2 Å². The Kier molecular flexibility index (Phi) is 4.69. The fraction of sp³-hybridized carbons (Fsp3) is 0.0526. The molecule has 0 bridgehead atoms. The molecule has 114 valence electrons. The van der Waals surface area contributed by atoms with E-state index in [2.05, 4.69) is 4.98 Å². The highest BCUT2D eigenvalue weighted by molar-refractivity contribution is 6.30. The Labute approximate surface area is 139 Å². The maximum absolute atomic E-state index is 11.8. The molecule has 0 amide bonds. The third-order valence-corrected chi connectivity index (χ3v) is 3.62. The summed E-state index contributed by atoms with van der Waals surface area (Å²) in [5.74, 6) is -0.395. The van der Waals surface area contributed by atoms with Gasteiger partial charge in [-0.3, -0.25) is 4.98 Å². The molecule has 0 saturated heterocycles. The Bertz CT molecular complexity index is 851. The highest BCUT2D eigenvalue weighted by Crippen LogP contribution is 2.17. The first-order valence-electron chi connectivity index (χ1n) is 7.15. The number of hydrogen-bond donors (Lipinski definition) is 0. The minimum atomic E-state index is -0.395. The van der Waals surface area contributed by atoms with Crippen LogP contribution in [0.3, 0.4) is 0 Å². The van der Waals surface area contributed by atoms with Crippen molar-refractivity contribution in [1.82, 2.24) is 4.98 Å². The molecule has 0 saturated carbocycles. The van der Waals surface area contributed by atoms with Crippen molar-refractivity contribution >= 4 is 34.5 Å². The average Bonchev–Trinajstić information content (AvgIpc) is 2.59. The number of halogens is 1. The van der Waals surface area contributed by atoms with Crippen LogP contribution in [0.25, 0.3) is 17.0 Å². The van der Waals surface area contributed by atoms with E-state index in [9.17, 15) is 4.79 Å². The molecule has 1 aromatic heterocycles. The van der Waals surface area contributed by atoms with Crippen LogP contribution in [0.5, 0.6) is 0 Å². The lowest BCUT2D eigenvalue weighted by Crippen LogP contribution is -2.01. The Morgan fingerprint density at radius 3 is 2.70 bits per heavy atom. The quantitative estimate of drug-likeness (QED) is 0.518. The predicted molar refractivity (Wildman–Crippen MR) is 92.0 cm³/mol. The molecule has 0 atom stereocenters. The van der Waals surface area contributed by atoms with Crippen molar-refractivity contribution in [2.24, 2.45) is 0 Å². The van der Waals surface area contributed by atoms with Gasteiger partial charge in [-0.2, -0.15) is 0 Å². The molecule has 0 unspecified atom stereocenters. The third-order valence-electron chi connectivity index (χ3n) is 3.37. The molecule has 0 spiro atoms. The molecule has 3 nitrogen and oxygen atoms in total. The second kappa shape index (κ2) is 7.07. The largest absolute Gasteiger partial charge is 0.458 e. The fourth-order valence-electron chi connectivity index (χ4n) is 2.22. The van der Waals surface area contributed by atoms with E-state index >= 15 is 0 Å². The van der Waals surface area contributed by atoms with E-state index in [1.165, 1.54) is 6.08 Å².